The molecular formula is C19H19NO4S. The Kier molecular flexibility index (Phi) is 4.99. The van der Waals surface area contributed by atoms with Crippen molar-refractivity contribution in [3.05, 3.63) is 51.7 Å². The van der Waals surface area contributed by atoms with Gasteiger partial charge >= 0.3 is 5.97 Å². The summed E-state index contributed by atoms with van der Waals surface area (Å²) in [5.41, 5.74) is 3.21. The van der Waals surface area contributed by atoms with Crippen molar-refractivity contribution in [2.75, 3.05) is 11.4 Å². The monoisotopic (exact) mass is 357 g/mol. The molecule has 1 aromatic carbocycles. The minimum absolute atomic E-state index is 0.00597. The van der Waals surface area contributed by atoms with Gasteiger partial charge in [-0.1, -0.05) is 0 Å². The van der Waals surface area contributed by atoms with Crippen molar-refractivity contribution < 1.29 is 19.1 Å². The van der Waals surface area contributed by atoms with Crippen LogP contribution in [0.2, 0.25) is 0 Å². The number of anilines is 1. The molecule has 2 aromatic rings. The van der Waals surface area contributed by atoms with Crippen molar-refractivity contribution in [3.63, 3.8) is 0 Å². The second-order valence-corrected chi connectivity index (χ2v) is 6.85. The van der Waals surface area contributed by atoms with Crippen molar-refractivity contribution >= 4 is 34.7 Å². The minimum atomic E-state index is -0.838. The number of benzene rings is 1. The van der Waals surface area contributed by atoms with Crippen molar-refractivity contribution in [2.24, 2.45) is 0 Å². The Morgan fingerprint density at radius 1 is 1.28 bits per heavy atom. The van der Waals surface area contributed by atoms with Gasteiger partial charge in [-0.3, -0.25) is 14.4 Å². The summed E-state index contributed by atoms with van der Waals surface area (Å²) in [7, 11) is 0. The number of amides is 1. The summed E-state index contributed by atoms with van der Waals surface area (Å²) >= 11 is 1.51. The number of hydrogen-bond donors (Lipinski definition) is 0. The maximum absolute atomic E-state index is 12.5. The Morgan fingerprint density at radius 3 is 2.76 bits per heavy atom. The van der Waals surface area contributed by atoms with Gasteiger partial charge in [0.25, 0.3) is 0 Å². The molecule has 0 saturated carbocycles. The van der Waals surface area contributed by atoms with E-state index in [0.717, 1.165) is 23.2 Å². The number of carbonyl (C=O) groups excluding carboxylic acids is 3. The lowest BCUT2D eigenvalue weighted by molar-refractivity contribution is -0.145. The van der Waals surface area contributed by atoms with E-state index >= 15 is 0 Å². The molecule has 2 heterocycles. The van der Waals surface area contributed by atoms with Gasteiger partial charge in [0.05, 0.1) is 6.42 Å². The topological polar surface area (TPSA) is 63.7 Å². The van der Waals surface area contributed by atoms with Crippen molar-refractivity contribution in [1.82, 2.24) is 0 Å². The average molecular weight is 357 g/mol. The van der Waals surface area contributed by atoms with Gasteiger partial charge in [0.1, 0.15) is 0 Å². The van der Waals surface area contributed by atoms with E-state index in [1.807, 2.05) is 16.8 Å². The first kappa shape index (κ1) is 17.4. The SMILES string of the molecule is CC(=O)N1CCc2cc(C(=O)[C@H](C)OC(=O)Cc3ccsc3)ccc21. The quantitative estimate of drug-likeness (QED) is 0.609. The number of ketones is 1. The number of hydrogen-bond acceptors (Lipinski definition) is 5. The van der Waals surface area contributed by atoms with E-state index < -0.39 is 12.1 Å². The fourth-order valence-electron chi connectivity index (χ4n) is 2.97. The molecule has 25 heavy (non-hydrogen) atoms. The summed E-state index contributed by atoms with van der Waals surface area (Å²) in [5.74, 6) is -0.653. The molecule has 1 aromatic heterocycles. The zero-order valence-electron chi connectivity index (χ0n) is 14.2. The van der Waals surface area contributed by atoms with Gasteiger partial charge in [-0.15, -0.1) is 0 Å². The van der Waals surface area contributed by atoms with Crippen LogP contribution >= 0.6 is 11.3 Å². The fourth-order valence-corrected chi connectivity index (χ4v) is 3.64. The molecule has 0 saturated heterocycles. The number of fused-ring (bicyclic) bond motifs is 1. The minimum Gasteiger partial charge on any atom is -0.454 e. The Balaban J connectivity index is 1.66. The van der Waals surface area contributed by atoms with E-state index in [-0.39, 0.29) is 18.1 Å². The third-order valence-corrected chi connectivity index (χ3v) is 4.98. The first-order valence-electron chi connectivity index (χ1n) is 8.11. The zero-order chi connectivity index (χ0) is 18.0. The molecule has 5 nitrogen and oxygen atoms in total. The number of ether oxygens (including phenoxy) is 1. The summed E-state index contributed by atoms with van der Waals surface area (Å²) < 4.78 is 5.27. The Morgan fingerprint density at radius 2 is 2.08 bits per heavy atom. The van der Waals surface area contributed by atoms with E-state index in [4.69, 9.17) is 4.74 Å². The summed E-state index contributed by atoms with van der Waals surface area (Å²) in [5, 5.41) is 3.78. The highest BCUT2D eigenvalue weighted by atomic mass is 32.1. The Labute approximate surface area is 150 Å². The average Bonchev–Trinajstić information content (AvgIpc) is 3.22. The molecular weight excluding hydrogens is 338 g/mol. The van der Waals surface area contributed by atoms with Crippen LogP contribution in [0.1, 0.15) is 35.3 Å². The molecule has 6 heteroatoms. The van der Waals surface area contributed by atoms with Crippen LogP contribution < -0.4 is 4.90 Å². The molecule has 3 rings (SSSR count). The number of carbonyl (C=O) groups is 3. The summed E-state index contributed by atoms with van der Waals surface area (Å²) in [4.78, 5) is 37.8. The maximum atomic E-state index is 12.5. The molecule has 0 radical (unpaired) electrons. The lowest BCUT2D eigenvalue weighted by atomic mass is 10.0. The lowest BCUT2D eigenvalue weighted by Crippen LogP contribution is -2.26. The highest BCUT2D eigenvalue weighted by Gasteiger charge is 2.25. The molecule has 1 atom stereocenters. The van der Waals surface area contributed by atoms with E-state index in [2.05, 4.69) is 0 Å². The zero-order valence-corrected chi connectivity index (χ0v) is 15.0. The largest absolute Gasteiger partial charge is 0.454 e. The smallest absolute Gasteiger partial charge is 0.311 e. The Bertz CT molecular complexity index is 813. The van der Waals surface area contributed by atoms with Crippen LogP contribution in [-0.4, -0.2) is 30.3 Å². The highest BCUT2D eigenvalue weighted by Crippen LogP contribution is 2.29. The van der Waals surface area contributed by atoms with Crippen molar-refractivity contribution in [2.45, 2.75) is 32.8 Å². The predicted octanol–water partition coefficient (Wildman–Crippen LogP) is 3.01. The second-order valence-electron chi connectivity index (χ2n) is 6.07. The summed E-state index contributed by atoms with van der Waals surface area (Å²) in [6.07, 6.45) is 0.0517. The number of rotatable bonds is 5. The van der Waals surface area contributed by atoms with E-state index in [0.29, 0.717) is 12.1 Å². The second kappa shape index (κ2) is 7.19. The van der Waals surface area contributed by atoms with E-state index in [9.17, 15) is 14.4 Å². The molecule has 1 aliphatic heterocycles. The first-order chi connectivity index (χ1) is 12.0. The molecule has 0 bridgehead atoms. The summed E-state index contributed by atoms with van der Waals surface area (Å²) in [6, 6.07) is 7.13. The molecule has 0 aliphatic carbocycles. The van der Waals surface area contributed by atoms with E-state index in [1.165, 1.54) is 18.3 Å². The van der Waals surface area contributed by atoms with Crippen LogP contribution in [0.15, 0.2) is 35.0 Å². The number of thiophene rings is 1. The first-order valence-corrected chi connectivity index (χ1v) is 9.06. The Hall–Kier alpha value is -2.47. The van der Waals surface area contributed by atoms with Crippen molar-refractivity contribution in [3.8, 4) is 0 Å². The van der Waals surface area contributed by atoms with Crippen LogP contribution in [0.5, 0.6) is 0 Å². The fraction of sp³-hybridized carbons (Fsp3) is 0.316. The van der Waals surface area contributed by atoms with Crippen molar-refractivity contribution in [1.29, 1.82) is 0 Å². The molecule has 0 spiro atoms. The van der Waals surface area contributed by atoms with Gasteiger partial charge in [-0.05, 0) is 59.5 Å². The van der Waals surface area contributed by atoms with Crippen LogP contribution in [0.3, 0.4) is 0 Å². The molecule has 1 aliphatic rings. The molecule has 1 amide bonds. The van der Waals surface area contributed by atoms with E-state index in [1.54, 1.807) is 30.0 Å². The normalized spacial score (nSPS) is 14.1. The van der Waals surface area contributed by atoms with Crippen LogP contribution in [0, 0.1) is 0 Å². The molecule has 0 unspecified atom stereocenters. The van der Waals surface area contributed by atoms with Crippen LogP contribution in [0.4, 0.5) is 5.69 Å². The molecule has 0 fully saturated rings. The third kappa shape index (κ3) is 3.79. The standard InChI is InChI=1S/C19H19NO4S/c1-12(24-18(22)9-14-6-8-25-11-14)19(23)16-3-4-17-15(10-16)5-7-20(17)13(2)21/h3-4,6,8,10-12H,5,7,9H2,1-2H3/t12-/m0/s1. The molecule has 0 N–H and O–H groups in total. The number of nitrogens with zero attached hydrogens (tertiary/aromatic N) is 1. The number of Topliss-reactive ketones (excluding diaryl/α,β-unsaturated/α-hetero) is 1. The van der Waals surface area contributed by atoms with Crippen LogP contribution in [0.25, 0.3) is 0 Å². The van der Waals surface area contributed by atoms with Gasteiger partial charge in [-0.2, -0.15) is 11.3 Å². The lowest BCUT2D eigenvalue weighted by Gasteiger charge is -2.16. The van der Waals surface area contributed by atoms with Gasteiger partial charge < -0.3 is 9.64 Å². The third-order valence-electron chi connectivity index (χ3n) is 4.25. The molecule has 130 valence electrons. The van der Waals surface area contributed by atoms with Gasteiger partial charge in [0, 0.05) is 24.7 Å². The van der Waals surface area contributed by atoms with Gasteiger partial charge in [-0.25, -0.2) is 0 Å². The predicted molar refractivity (Wildman–Crippen MR) is 96.1 cm³/mol. The van der Waals surface area contributed by atoms with Gasteiger partial charge in [0.15, 0.2) is 6.10 Å². The highest BCUT2D eigenvalue weighted by molar-refractivity contribution is 7.08. The van der Waals surface area contributed by atoms with Crippen LogP contribution in [-0.2, 0) is 27.2 Å². The summed E-state index contributed by atoms with van der Waals surface area (Å²) in [6.45, 7) is 3.75. The van der Waals surface area contributed by atoms with Gasteiger partial charge in [0.2, 0.25) is 11.7 Å². The number of esters is 1. The maximum Gasteiger partial charge on any atom is 0.311 e.